The lowest BCUT2D eigenvalue weighted by molar-refractivity contribution is -0.141. The number of aldehydes is 19. The van der Waals surface area contributed by atoms with Crippen LogP contribution in [0.15, 0.2) is 221 Å². The van der Waals surface area contributed by atoms with Gasteiger partial charge in [-0.2, -0.15) is 0 Å². The molecule has 0 aromatic carbocycles. The predicted octanol–water partition coefficient (Wildman–Crippen LogP) is 3.51. The summed E-state index contributed by atoms with van der Waals surface area (Å²) in [6.07, 6.45) is 14.9. The molecule has 0 aliphatic heterocycles. The molecule has 0 heterocycles. The third-order valence-corrected chi connectivity index (χ3v) is 11.5. The van der Waals surface area contributed by atoms with Gasteiger partial charge in [0.2, 0.25) is 5.78 Å². The standard InChI is InChI=1S/C66H50O22/c1-4-45(2)66(87)88-44-24-65(86)64(23-43-85)63(22-42-84)62(21-41-83)61(20-40-82)60(19-39-81)59(18-38-80)58(17-37-79)57(16-36-78)56(15-35-77)55(14-34-76)54(13-33-75)53(12-32-74)52(11-31-73)51(10-30-72)50(9-29-71)49(8-28-70)48(7-27-69)47(6-26-68)46(3)5-25-67/h5-23,25-43,45H,4H2,1-3H3/b46-5+,47-6+,48-7+,49-8+,50-9+,51-10+,52-11+,53-12+,54-13+,55-14+,56-15-,57-16-,58-17-,59-18-,60-19-,61-20-,62-21-,63-22-,64-23-. The minimum absolute atomic E-state index is 0.00380. The molecule has 22 heteroatoms. The van der Waals surface area contributed by atoms with Gasteiger partial charge in [-0.1, -0.05) is 13.8 Å². The molecule has 0 aliphatic carbocycles. The number of ketones is 1. The number of ether oxygens (including phenoxy) is 1. The molecule has 1 unspecified atom stereocenters. The van der Waals surface area contributed by atoms with Gasteiger partial charge in [0.15, 0.2) is 0 Å². The maximum atomic E-state index is 13.7. The lowest BCUT2D eigenvalue weighted by atomic mass is 9.75. The summed E-state index contributed by atoms with van der Waals surface area (Å²) in [5, 5.41) is 0. The quantitative estimate of drug-likeness (QED) is 0.0278. The van der Waals surface area contributed by atoms with Gasteiger partial charge in [-0.15, -0.1) is 0 Å². The minimum atomic E-state index is -1.38. The molecule has 0 rings (SSSR count). The molecule has 0 radical (unpaired) electrons. The van der Waals surface area contributed by atoms with Gasteiger partial charge in [0.05, 0.1) is 5.92 Å². The number of carbonyl (C=O) groups excluding carboxylic acids is 21. The maximum Gasteiger partial charge on any atom is 0.322 e. The van der Waals surface area contributed by atoms with E-state index in [0.717, 1.165) is 18.2 Å². The van der Waals surface area contributed by atoms with Crippen LogP contribution in [0.25, 0.3) is 0 Å². The van der Waals surface area contributed by atoms with Gasteiger partial charge in [-0.05, 0) is 229 Å². The molecular weight excluding hydrogens is 1140 g/mol. The summed E-state index contributed by atoms with van der Waals surface area (Å²) in [6.45, 7) is 4.39. The van der Waals surface area contributed by atoms with Gasteiger partial charge in [0.1, 0.15) is 126 Å². The van der Waals surface area contributed by atoms with Crippen molar-refractivity contribution >= 4 is 131 Å². The lowest BCUT2D eigenvalue weighted by Crippen LogP contribution is -2.14. The summed E-state index contributed by atoms with van der Waals surface area (Å²) in [5.41, 5.74) is -12.4. The van der Waals surface area contributed by atoms with E-state index in [0.29, 0.717) is 97.2 Å². The van der Waals surface area contributed by atoms with Gasteiger partial charge in [0.25, 0.3) is 0 Å². The van der Waals surface area contributed by atoms with Gasteiger partial charge >= 0.3 is 5.97 Å². The van der Waals surface area contributed by atoms with Crippen LogP contribution in [0.5, 0.6) is 0 Å². The topological polar surface area (TPSA) is 368 Å². The van der Waals surface area contributed by atoms with Crippen molar-refractivity contribution in [3.63, 3.8) is 0 Å². The highest BCUT2D eigenvalue weighted by Crippen LogP contribution is 2.44. The van der Waals surface area contributed by atoms with E-state index in [1.165, 1.54) is 13.8 Å². The number of rotatable bonds is 40. The second-order valence-electron chi connectivity index (χ2n) is 16.2. The molecule has 0 N–H and O–H groups in total. The van der Waals surface area contributed by atoms with Crippen LogP contribution in [-0.2, 0) is 105 Å². The number of allylic oxidation sites excluding steroid dienone is 38. The summed E-state index contributed by atoms with van der Waals surface area (Å²) >= 11 is 0. The highest BCUT2D eigenvalue weighted by molar-refractivity contribution is 6.15. The molecule has 0 fully saturated rings. The van der Waals surface area contributed by atoms with Crippen molar-refractivity contribution in [2.45, 2.75) is 27.2 Å². The van der Waals surface area contributed by atoms with E-state index in [9.17, 15) is 101 Å². The molecule has 0 amide bonds. The normalized spacial score (nSPS) is 14.9. The first-order chi connectivity index (χ1) is 42.6. The van der Waals surface area contributed by atoms with Crippen LogP contribution >= 0.6 is 0 Å². The zero-order valence-electron chi connectivity index (χ0n) is 46.7. The summed E-state index contributed by atoms with van der Waals surface area (Å²) in [7, 11) is 0. The Balaban J connectivity index is 9.69. The Morgan fingerprint density at radius 1 is 0.273 bits per heavy atom. The summed E-state index contributed by atoms with van der Waals surface area (Å²) in [4.78, 5) is 265. The second-order valence-corrected chi connectivity index (χ2v) is 16.2. The molecule has 0 bridgehead atoms. The van der Waals surface area contributed by atoms with Crippen molar-refractivity contribution in [1.82, 2.24) is 0 Å². The smallest absolute Gasteiger partial charge is 0.322 e. The summed E-state index contributed by atoms with van der Waals surface area (Å²) in [6, 6.07) is 0. The average Bonchev–Trinajstić information content (AvgIpc) is 1.99. The third-order valence-electron chi connectivity index (χ3n) is 11.5. The van der Waals surface area contributed by atoms with Gasteiger partial charge in [0, 0.05) is 11.5 Å². The summed E-state index contributed by atoms with van der Waals surface area (Å²) < 4.78 is 4.80. The monoisotopic (exact) mass is 1190 g/mol. The van der Waals surface area contributed by atoms with E-state index >= 15 is 0 Å². The van der Waals surface area contributed by atoms with Crippen LogP contribution in [0.2, 0.25) is 0 Å². The van der Waals surface area contributed by atoms with Crippen LogP contribution in [0.3, 0.4) is 0 Å². The Kier molecular flexibility index (Phi) is 37.8. The molecule has 0 aliphatic rings. The van der Waals surface area contributed by atoms with E-state index in [-0.39, 0.29) is 137 Å². The number of hydrogen-bond acceptors (Lipinski definition) is 22. The fourth-order valence-electron chi connectivity index (χ4n) is 7.79. The first kappa shape index (κ1) is 75.5. The fraction of sp³-hybridized carbons (Fsp3) is 0.0758. The molecule has 22 nitrogen and oxygen atoms in total. The predicted molar refractivity (Wildman–Crippen MR) is 313 cm³/mol. The number of esters is 1. The van der Waals surface area contributed by atoms with Crippen molar-refractivity contribution in [3.05, 3.63) is 221 Å². The molecule has 1 atom stereocenters. The Hall–Kier alpha value is -12.5. The van der Waals surface area contributed by atoms with Crippen molar-refractivity contribution < 1.29 is 105 Å². The molecule has 0 aromatic rings. The Morgan fingerprint density at radius 2 is 0.432 bits per heavy atom. The lowest BCUT2D eigenvalue weighted by Gasteiger charge is -2.26. The number of carbonyl (C=O) groups is 21. The fourth-order valence-corrected chi connectivity index (χ4v) is 7.79. The van der Waals surface area contributed by atoms with Crippen molar-refractivity contribution in [3.8, 4) is 12.0 Å². The Labute approximate surface area is 501 Å². The largest absolute Gasteiger partial charge is 0.371 e. The minimum Gasteiger partial charge on any atom is -0.371 e. The molecule has 0 spiro atoms. The zero-order chi connectivity index (χ0) is 66.4. The van der Waals surface area contributed by atoms with Gasteiger partial charge in [-0.3, -0.25) is 101 Å². The number of Topliss-reactive ketones (excluding diaryl/α,β-unsaturated/α-hetero) is 1. The van der Waals surface area contributed by atoms with Gasteiger partial charge < -0.3 is 4.74 Å². The van der Waals surface area contributed by atoms with Crippen LogP contribution in [0, 0.1) is 17.9 Å². The van der Waals surface area contributed by atoms with Crippen molar-refractivity contribution in [1.29, 1.82) is 0 Å². The highest BCUT2D eigenvalue weighted by Gasteiger charge is 2.31. The van der Waals surface area contributed by atoms with E-state index in [1.807, 2.05) is 12.0 Å². The Morgan fingerprint density at radius 3 is 0.614 bits per heavy atom. The van der Waals surface area contributed by atoms with Crippen LogP contribution in [0.1, 0.15) is 27.2 Å². The summed E-state index contributed by atoms with van der Waals surface area (Å²) in [5.74, 6) is -1.02. The zero-order valence-corrected chi connectivity index (χ0v) is 46.7. The van der Waals surface area contributed by atoms with Crippen LogP contribution in [-0.4, -0.2) is 131 Å². The molecule has 0 saturated carbocycles. The Bertz CT molecular complexity index is 3600. The maximum absolute atomic E-state index is 13.7. The third kappa shape index (κ3) is 22.0. The van der Waals surface area contributed by atoms with Crippen molar-refractivity contribution in [2.75, 3.05) is 0 Å². The molecule has 0 saturated heterocycles. The first-order valence-corrected chi connectivity index (χ1v) is 24.8. The van der Waals surface area contributed by atoms with Crippen LogP contribution < -0.4 is 0 Å². The van der Waals surface area contributed by atoms with E-state index in [2.05, 4.69) is 0 Å². The van der Waals surface area contributed by atoms with Crippen LogP contribution in [0.4, 0.5) is 0 Å². The second kappa shape index (κ2) is 44.1. The van der Waals surface area contributed by atoms with E-state index in [4.69, 9.17) is 4.74 Å². The molecule has 446 valence electrons. The molecule has 88 heavy (non-hydrogen) atoms. The first-order valence-electron chi connectivity index (χ1n) is 24.8. The van der Waals surface area contributed by atoms with Crippen molar-refractivity contribution in [2.24, 2.45) is 5.92 Å². The average molecular weight is 1200 g/mol. The van der Waals surface area contributed by atoms with Gasteiger partial charge in [-0.25, -0.2) is 0 Å². The van der Waals surface area contributed by atoms with E-state index in [1.54, 1.807) is 6.92 Å². The molecule has 0 aromatic heterocycles. The molecular formula is C66H50O22. The highest BCUT2D eigenvalue weighted by atomic mass is 16.5. The number of hydrogen-bond donors (Lipinski definition) is 0. The van der Waals surface area contributed by atoms with E-state index < -0.39 is 112 Å². The SMILES string of the molecule is CCC(C)C(=O)OC#CC(=O)C(=C\C=O)/C(=C\C=O)C(=C\C=O)/C(=C\C=O)C(=C\C=O)/C(=C\C=O)C(=C\C=O)/C(=C\C=O)C(=C\C=O)/C(=C/C=O)C(=C/C=O)/C(=C/C=O)C(=C/C=O)/C(=C/C=O)C(=C/C=O)/C(=C/C=O)C(=C/C=O)/C(=C/C=O)C(/C)=C/C=O.